The van der Waals surface area contributed by atoms with Gasteiger partial charge >= 0.3 is 0 Å². The molecule has 4 atom stereocenters. The zero-order chi connectivity index (χ0) is 38.8. The van der Waals surface area contributed by atoms with Crippen LogP contribution in [0.1, 0.15) is 54.0 Å². The summed E-state index contributed by atoms with van der Waals surface area (Å²) in [4.78, 5) is 27.0. The Morgan fingerprint density at radius 2 is 1.42 bits per heavy atom. The monoisotopic (exact) mass is 755 g/mol. The molecule has 0 unspecified atom stereocenters. The maximum Gasteiger partial charge on any atom is 0.256 e. The number of carbonyl (C=O) groups is 1. The van der Waals surface area contributed by atoms with E-state index in [1.807, 2.05) is 47.0 Å². The molecular weight excluding hydrogens is 707 g/mol. The smallest absolute Gasteiger partial charge is 0.256 e. The van der Waals surface area contributed by atoms with Gasteiger partial charge in [-0.25, -0.2) is 15.0 Å². The van der Waals surface area contributed by atoms with Crippen molar-refractivity contribution in [2.24, 2.45) is 5.73 Å². The van der Waals surface area contributed by atoms with Crippen molar-refractivity contribution < 1.29 is 18.7 Å². The van der Waals surface area contributed by atoms with Crippen LogP contribution in [0.25, 0.3) is 11.2 Å². The number of benzene rings is 4. The average molecular weight is 756 g/mol. The Kier molecular flexibility index (Phi) is 10.7. The molecule has 1 amide bonds. The minimum absolute atomic E-state index is 0.122. The molecule has 0 saturated carbocycles. The predicted molar refractivity (Wildman–Crippen MR) is 217 cm³/mol. The number of aromatic nitrogens is 4. The first-order valence-corrected chi connectivity index (χ1v) is 21.5. The molecule has 1 aliphatic rings. The lowest BCUT2D eigenvalue weighted by atomic mass is 9.76. The van der Waals surface area contributed by atoms with Crippen LogP contribution in [-0.4, -0.2) is 65.6 Å². The molecule has 3 heterocycles. The topological polar surface area (TPSA) is 138 Å². The van der Waals surface area contributed by atoms with Gasteiger partial charge in [-0.3, -0.25) is 14.7 Å². The molecule has 4 aromatic carbocycles. The maximum atomic E-state index is 13.2. The number of ether oxygens (including phenoxy) is 2. The first kappa shape index (κ1) is 38.0. The van der Waals surface area contributed by atoms with Crippen LogP contribution in [0.3, 0.4) is 0 Å². The highest BCUT2D eigenvalue weighted by Crippen LogP contribution is 2.45. The molecule has 1 fully saturated rings. The van der Waals surface area contributed by atoms with Crippen LogP contribution in [0, 0.1) is 0 Å². The summed E-state index contributed by atoms with van der Waals surface area (Å²) in [7, 11) is -0.801. The second-order valence-corrected chi connectivity index (χ2v) is 20.1. The van der Waals surface area contributed by atoms with Gasteiger partial charge in [-0.15, -0.1) is 0 Å². The number of hydrogen-bond donors (Lipinski definition) is 3. The minimum atomic E-state index is -2.47. The molecule has 6 aromatic rings. The van der Waals surface area contributed by atoms with Gasteiger partial charge in [-0.2, -0.15) is 0 Å². The minimum Gasteiger partial charge on any atom is -0.497 e. The highest BCUT2D eigenvalue weighted by atomic mass is 28.4. The molecule has 7 rings (SSSR count). The normalized spacial score (nSPS) is 19.0. The van der Waals surface area contributed by atoms with Gasteiger partial charge in [0.25, 0.3) is 5.91 Å². The highest BCUT2D eigenvalue weighted by Gasteiger charge is 2.53. The van der Waals surface area contributed by atoms with Crippen molar-refractivity contribution in [1.29, 1.82) is 0 Å². The summed E-state index contributed by atoms with van der Waals surface area (Å²) in [5, 5.41) is 6.97. The summed E-state index contributed by atoms with van der Waals surface area (Å²) >= 11 is 0. The van der Waals surface area contributed by atoms with Gasteiger partial charge in [-0.1, -0.05) is 112 Å². The summed E-state index contributed by atoms with van der Waals surface area (Å²) in [6.07, 6.45) is 1.40. The lowest BCUT2D eigenvalue weighted by Gasteiger charge is -2.44. The molecule has 284 valence electrons. The standard InChI is InChI=1S/C43H49N7O4Si/c1-42(2,3)55(5,6)54-37-35(49-43(30-18-12-8-13-19-30,31-20-14-9-15-21-31)32-22-24-33(52-4)25-23-32)34(26-44)53-41(37)50-28-47-36-38(45-27-46-39(36)50)48-40(51)29-16-10-7-11-17-29/h7-25,27-28,34-35,37,41,49H,26,44H2,1-6H3,(H,45,46,48,51)/t34-,35-,37-,41-/m1/s1. The van der Waals surface area contributed by atoms with Crippen molar-refractivity contribution in [2.45, 2.75) is 68.9 Å². The van der Waals surface area contributed by atoms with E-state index in [9.17, 15) is 4.79 Å². The molecular formula is C43H49N7O4Si. The molecule has 12 heteroatoms. The summed E-state index contributed by atoms with van der Waals surface area (Å²) < 4.78 is 21.9. The summed E-state index contributed by atoms with van der Waals surface area (Å²) in [6.45, 7) is 11.4. The molecule has 1 saturated heterocycles. The van der Waals surface area contributed by atoms with Gasteiger partial charge in [0.2, 0.25) is 0 Å². The fourth-order valence-corrected chi connectivity index (χ4v) is 8.39. The SMILES string of the molecule is COc1ccc(C(N[C@H]2[C@@H](O[Si](C)(C)C(C)(C)C)[C@H](n3cnc4c(NC(=O)c5ccccc5)ncnc43)O[C@@H]2CN)(c2ccccc2)c2ccccc2)cc1. The van der Waals surface area contributed by atoms with Crippen molar-refractivity contribution in [3.8, 4) is 5.75 Å². The number of nitrogens with zero attached hydrogens (tertiary/aromatic N) is 4. The van der Waals surface area contributed by atoms with Gasteiger partial charge < -0.3 is 25.0 Å². The zero-order valence-electron chi connectivity index (χ0n) is 32.1. The number of rotatable bonds is 12. The third-order valence-electron chi connectivity index (χ3n) is 11.0. The number of methoxy groups -OCH3 is 1. The van der Waals surface area contributed by atoms with Gasteiger partial charge in [-0.05, 0) is 59.1 Å². The van der Waals surface area contributed by atoms with E-state index in [0.717, 1.165) is 22.4 Å². The summed E-state index contributed by atoms with van der Waals surface area (Å²) in [6, 6.07) is 37.6. The third kappa shape index (κ3) is 7.31. The van der Waals surface area contributed by atoms with E-state index in [-0.39, 0.29) is 17.5 Å². The Morgan fingerprint density at radius 1 is 0.836 bits per heavy atom. The molecule has 1 aliphatic heterocycles. The lowest BCUT2D eigenvalue weighted by Crippen LogP contribution is -2.59. The van der Waals surface area contributed by atoms with E-state index in [0.29, 0.717) is 22.5 Å². The zero-order valence-corrected chi connectivity index (χ0v) is 33.1. The van der Waals surface area contributed by atoms with Crippen LogP contribution in [0.15, 0.2) is 128 Å². The van der Waals surface area contributed by atoms with E-state index < -0.39 is 38.3 Å². The molecule has 2 aromatic heterocycles. The van der Waals surface area contributed by atoms with E-state index in [4.69, 9.17) is 24.6 Å². The number of amides is 1. The second kappa shape index (κ2) is 15.5. The molecule has 0 aliphatic carbocycles. The molecule has 11 nitrogen and oxygen atoms in total. The number of hydrogen-bond acceptors (Lipinski definition) is 9. The van der Waals surface area contributed by atoms with E-state index in [1.54, 1.807) is 25.6 Å². The second-order valence-electron chi connectivity index (χ2n) is 15.4. The molecule has 55 heavy (non-hydrogen) atoms. The van der Waals surface area contributed by atoms with Crippen LogP contribution >= 0.6 is 0 Å². The van der Waals surface area contributed by atoms with Gasteiger partial charge in [0.15, 0.2) is 31.5 Å². The fourth-order valence-electron chi connectivity index (χ4n) is 7.10. The lowest BCUT2D eigenvalue weighted by molar-refractivity contribution is -0.0285. The number of anilines is 1. The predicted octanol–water partition coefficient (Wildman–Crippen LogP) is 7.28. The highest BCUT2D eigenvalue weighted by molar-refractivity contribution is 6.74. The summed E-state index contributed by atoms with van der Waals surface area (Å²) in [5.41, 5.74) is 10.3. The van der Waals surface area contributed by atoms with Crippen LogP contribution in [0.5, 0.6) is 5.75 Å². The largest absolute Gasteiger partial charge is 0.497 e. The Balaban J connectivity index is 1.38. The van der Waals surface area contributed by atoms with Crippen molar-refractivity contribution in [3.05, 3.63) is 150 Å². The third-order valence-corrected chi connectivity index (χ3v) is 15.5. The van der Waals surface area contributed by atoms with Crippen molar-refractivity contribution in [2.75, 3.05) is 19.0 Å². The number of fused-ring (bicyclic) bond motifs is 1. The Labute approximate surface area is 323 Å². The van der Waals surface area contributed by atoms with Crippen LogP contribution in [0.2, 0.25) is 18.1 Å². The van der Waals surface area contributed by atoms with E-state index >= 15 is 0 Å². The first-order valence-electron chi connectivity index (χ1n) is 18.6. The fraction of sp³-hybridized carbons (Fsp3) is 0.302. The quantitative estimate of drug-likeness (QED) is 0.0869. The van der Waals surface area contributed by atoms with Crippen molar-refractivity contribution in [1.82, 2.24) is 24.8 Å². The maximum absolute atomic E-state index is 13.2. The van der Waals surface area contributed by atoms with Crippen LogP contribution in [-0.2, 0) is 14.7 Å². The number of nitrogens with two attached hydrogens (primary N) is 1. The molecule has 0 bridgehead atoms. The first-order chi connectivity index (χ1) is 26.5. The van der Waals surface area contributed by atoms with Crippen molar-refractivity contribution >= 4 is 31.2 Å². The number of carbonyl (C=O) groups excluding carboxylic acids is 1. The molecule has 4 N–H and O–H groups in total. The van der Waals surface area contributed by atoms with Gasteiger partial charge in [0.05, 0.1) is 31.1 Å². The Bertz CT molecular complexity index is 2170. The number of imidazole rings is 1. The molecule has 0 radical (unpaired) electrons. The van der Waals surface area contributed by atoms with Gasteiger partial charge in [0, 0.05) is 12.1 Å². The number of nitrogens with one attached hydrogen (secondary N) is 2. The van der Waals surface area contributed by atoms with Gasteiger partial charge in [0.1, 0.15) is 18.2 Å². The van der Waals surface area contributed by atoms with Crippen LogP contribution < -0.4 is 21.1 Å². The average Bonchev–Trinajstić information content (AvgIpc) is 3.78. The Morgan fingerprint density at radius 3 is 1.98 bits per heavy atom. The summed E-state index contributed by atoms with van der Waals surface area (Å²) in [5.74, 6) is 0.764. The van der Waals surface area contributed by atoms with E-state index in [1.165, 1.54) is 6.33 Å². The Hall–Kier alpha value is -5.24. The van der Waals surface area contributed by atoms with E-state index in [2.05, 4.69) is 115 Å². The molecule has 0 spiro atoms. The van der Waals surface area contributed by atoms with Crippen molar-refractivity contribution in [3.63, 3.8) is 0 Å². The van der Waals surface area contributed by atoms with Crippen LogP contribution in [0.4, 0.5) is 5.82 Å².